The second-order valence-corrected chi connectivity index (χ2v) is 5.96. The molecule has 118 valence electrons. The maximum absolute atomic E-state index is 6.01. The maximum atomic E-state index is 6.01. The second-order valence-electron chi connectivity index (χ2n) is 5.96. The number of benzene rings is 1. The summed E-state index contributed by atoms with van der Waals surface area (Å²) in [5, 5.41) is 2.38. The number of nitrogens with one attached hydrogen (secondary N) is 1. The molecular weight excluding hydrogens is 262 g/mol. The first-order valence-electron chi connectivity index (χ1n) is 8.13. The highest BCUT2D eigenvalue weighted by molar-refractivity contribution is 5.30. The van der Waals surface area contributed by atoms with Crippen LogP contribution in [0.3, 0.4) is 0 Å². The largest absolute Gasteiger partial charge is 0.494 e. The lowest BCUT2D eigenvalue weighted by molar-refractivity contribution is 0.0304. The third kappa shape index (κ3) is 4.19. The molecule has 0 aliphatic carbocycles. The van der Waals surface area contributed by atoms with Crippen LogP contribution in [0.2, 0.25) is 0 Å². The van der Waals surface area contributed by atoms with E-state index < -0.39 is 0 Å². The third-order valence-corrected chi connectivity index (χ3v) is 4.31. The van der Waals surface area contributed by atoms with Gasteiger partial charge in [0.1, 0.15) is 5.75 Å². The molecule has 1 aromatic carbocycles. The molecule has 0 bridgehead atoms. The average molecular weight is 291 g/mol. The van der Waals surface area contributed by atoms with Crippen molar-refractivity contribution >= 4 is 0 Å². The fourth-order valence-electron chi connectivity index (χ4n) is 3.11. The van der Waals surface area contributed by atoms with Crippen LogP contribution in [0.5, 0.6) is 5.75 Å². The standard InChI is InChI=1S/C17H29N3O/c1-4-21-16-10-6-9-15(11-16)17(12-18)19-20-13(2)7-5-8-14(20)3/h6,9-11,13-14,17,19H,4-5,7-8,12,18H2,1-3H3. The topological polar surface area (TPSA) is 50.5 Å². The Hall–Kier alpha value is -1.10. The Morgan fingerprint density at radius 3 is 2.67 bits per heavy atom. The number of ether oxygens (including phenoxy) is 1. The van der Waals surface area contributed by atoms with E-state index in [1.807, 2.05) is 19.1 Å². The van der Waals surface area contributed by atoms with E-state index in [2.05, 4.69) is 36.4 Å². The zero-order valence-electron chi connectivity index (χ0n) is 13.5. The Morgan fingerprint density at radius 2 is 2.05 bits per heavy atom. The van der Waals surface area contributed by atoms with Gasteiger partial charge in [-0.15, -0.1) is 0 Å². The number of hydrogen-bond acceptors (Lipinski definition) is 4. The van der Waals surface area contributed by atoms with Gasteiger partial charge in [0, 0.05) is 18.6 Å². The first kappa shape index (κ1) is 16.3. The van der Waals surface area contributed by atoms with Crippen molar-refractivity contribution in [2.75, 3.05) is 13.2 Å². The zero-order valence-corrected chi connectivity index (χ0v) is 13.5. The number of nitrogens with two attached hydrogens (primary N) is 1. The molecule has 3 N–H and O–H groups in total. The Bertz CT molecular complexity index is 428. The van der Waals surface area contributed by atoms with E-state index >= 15 is 0 Å². The molecule has 1 aromatic rings. The molecule has 1 aliphatic heterocycles. The van der Waals surface area contributed by atoms with Crippen LogP contribution in [0, 0.1) is 0 Å². The van der Waals surface area contributed by atoms with Gasteiger partial charge in [-0.05, 0) is 51.3 Å². The van der Waals surface area contributed by atoms with Gasteiger partial charge in [-0.2, -0.15) is 0 Å². The lowest BCUT2D eigenvalue weighted by Crippen LogP contribution is -2.54. The minimum Gasteiger partial charge on any atom is -0.494 e. The molecule has 3 atom stereocenters. The van der Waals surface area contributed by atoms with Gasteiger partial charge in [0.05, 0.1) is 12.6 Å². The molecule has 0 aromatic heterocycles. The van der Waals surface area contributed by atoms with E-state index in [0.29, 0.717) is 25.2 Å². The van der Waals surface area contributed by atoms with Crippen LogP contribution in [0.25, 0.3) is 0 Å². The fourth-order valence-corrected chi connectivity index (χ4v) is 3.11. The lowest BCUT2D eigenvalue weighted by Gasteiger charge is -2.41. The summed E-state index contributed by atoms with van der Waals surface area (Å²) in [5.74, 6) is 0.912. The van der Waals surface area contributed by atoms with Crippen molar-refractivity contribution in [2.24, 2.45) is 5.73 Å². The summed E-state index contributed by atoms with van der Waals surface area (Å²) in [6, 6.07) is 9.48. The van der Waals surface area contributed by atoms with Crippen LogP contribution < -0.4 is 15.9 Å². The maximum Gasteiger partial charge on any atom is 0.119 e. The molecule has 4 heteroatoms. The minimum absolute atomic E-state index is 0.133. The zero-order chi connectivity index (χ0) is 15.2. The predicted octanol–water partition coefficient (Wildman–Crippen LogP) is 2.85. The summed E-state index contributed by atoms with van der Waals surface area (Å²) in [5.41, 5.74) is 10.8. The fraction of sp³-hybridized carbons (Fsp3) is 0.647. The van der Waals surface area contributed by atoms with Crippen LogP contribution >= 0.6 is 0 Å². The summed E-state index contributed by atoms with van der Waals surface area (Å²) in [4.78, 5) is 0. The van der Waals surface area contributed by atoms with Crippen molar-refractivity contribution in [3.05, 3.63) is 29.8 Å². The van der Waals surface area contributed by atoms with E-state index in [-0.39, 0.29) is 6.04 Å². The Kier molecular flexibility index (Phi) is 6.03. The molecule has 0 spiro atoms. The summed E-state index contributed by atoms with van der Waals surface area (Å²) in [6.07, 6.45) is 3.80. The summed E-state index contributed by atoms with van der Waals surface area (Å²) in [6.45, 7) is 7.83. The highest BCUT2D eigenvalue weighted by Crippen LogP contribution is 2.24. The van der Waals surface area contributed by atoms with Crippen molar-refractivity contribution in [1.82, 2.24) is 10.4 Å². The molecule has 0 radical (unpaired) electrons. The van der Waals surface area contributed by atoms with Gasteiger partial charge in [0.25, 0.3) is 0 Å². The van der Waals surface area contributed by atoms with Gasteiger partial charge in [-0.1, -0.05) is 18.6 Å². The molecule has 1 fully saturated rings. The van der Waals surface area contributed by atoms with Gasteiger partial charge in [0.2, 0.25) is 0 Å². The summed E-state index contributed by atoms with van der Waals surface area (Å²) >= 11 is 0. The van der Waals surface area contributed by atoms with Gasteiger partial charge in [0.15, 0.2) is 0 Å². The normalized spacial score (nSPS) is 24.8. The van der Waals surface area contributed by atoms with Crippen LogP contribution in [-0.4, -0.2) is 30.2 Å². The van der Waals surface area contributed by atoms with Crippen molar-refractivity contribution in [1.29, 1.82) is 0 Å². The number of piperidine rings is 1. The Balaban J connectivity index is 2.10. The van der Waals surface area contributed by atoms with Crippen molar-refractivity contribution in [3.8, 4) is 5.75 Å². The van der Waals surface area contributed by atoms with Crippen molar-refractivity contribution < 1.29 is 4.74 Å². The monoisotopic (exact) mass is 291 g/mol. The SMILES string of the molecule is CCOc1cccc(C(CN)NN2C(C)CCCC2C)c1. The molecule has 3 unspecified atom stereocenters. The highest BCUT2D eigenvalue weighted by atomic mass is 16.5. The van der Waals surface area contributed by atoms with E-state index in [1.165, 1.54) is 24.8 Å². The number of nitrogens with zero attached hydrogens (tertiary/aromatic N) is 1. The molecule has 2 rings (SSSR count). The van der Waals surface area contributed by atoms with Crippen LogP contribution in [-0.2, 0) is 0 Å². The molecule has 1 heterocycles. The lowest BCUT2D eigenvalue weighted by atomic mass is 9.99. The molecule has 1 aliphatic rings. The van der Waals surface area contributed by atoms with E-state index in [1.54, 1.807) is 0 Å². The van der Waals surface area contributed by atoms with Crippen LogP contribution in [0.1, 0.15) is 51.6 Å². The van der Waals surface area contributed by atoms with E-state index in [0.717, 1.165) is 5.75 Å². The molecule has 1 saturated heterocycles. The number of hydrazine groups is 1. The van der Waals surface area contributed by atoms with E-state index in [4.69, 9.17) is 10.5 Å². The molecule has 0 amide bonds. The predicted molar refractivity (Wildman–Crippen MR) is 87.2 cm³/mol. The van der Waals surface area contributed by atoms with Crippen LogP contribution in [0.4, 0.5) is 0 Å². The molecule has 0 saturated carbocycles. The summed E-state index contributed by atoms with van der Waals surface area (Å²) in [7, 11) is 0. The Labute approximate surface area is 128 Å². The van der Waals surface area contributed by atoms with Gasteiger partial charge < -0.3 is 10.5 Å². The molecular formula is C17H29N3O. The second kappa shape index (κ2) is 7.78. The highest BCUT2D eigenvalue weighted by Gasteiger charge is 2.26. The summed E-state index contributed by atoms with van der Waals surface area (Å²) < 4.78 is 5.59. The van der Waals surface area contributed by atoms with Gasteiger partial charge in [-0.3, -0.25) is 0 Å². The number of hydrogen-bond donors (Lipinski definition) is 2. The average Bonchev–Trinajstić information content (AvgIpc) is 2.48. The Morgan fingerprint density at radius 1 is 1.33 bits per heavy atom. The minimum atomic E-state index is 0.133. The van der Waals surface area contributed by atoms with E-state index in [9.17, 15) is 0 Å². The quantitative estimate of drug-likeness (QED) is 0.846. The van der Waals surface area contributed by atoms with Crippen molar-refractivity contribution in [2.45, 2.75) is 58.2 Å². The first-order valence-corrected chi connectivity index (χ1v) is 8.13. The van der Waals surface area contributed by atoms with Crippen LogP contribution in [0.15, 0.2) is 24.3 Å². The smallest absolute Gasteiger partial charge is 0.119 e. The first-order chi connectivity index (χ1) is 10.2. The van der Waals surface area contributed by atoms with Gasteiger partial charge in [-0.25, -0.2) is 10.4 Å². The molecule has 4 nitrogen and oxygen atoms in total. The third-order valence-electron chi connectivity index (χ3n) is 4.31. The number of rotatable bonds is 6. The van der Waals surface area contributed by atoms with Gasteiger partial charge >= 0.3 is 0 Å². The van der Waals surface area contributed by atoms with Crippen molar-refractivity contribution in [3.63, 3.8) is 0 Å². The molecule has 21 heavy (non-hydrogen) atoms.